The molecule has 1 aliphatic heterocycles. The normalized spacial score (nSPS) is 18.5. The number of rotatable bonds is 10. The molecule has 3 aliphatic rings. The summed E-state index contributed by atoms with van der Waals surface area (Å²) in [5, 5.41) is 21.2. The zero-order chi connectivity index (χ0) is 25.5. The summed E-state index contributed by atoms with van der Waals surface area (Å²) in [6.45, 7) is 6.57. The van der Waals surface area contributed by atoms with Gasteiger partial charge in [0.15, 0.2) is 0 Å². The van der Waals surface area contributed by atoms with Gasteiger partial charge in [0.25, 0.3) is 5.91 Å². The minimum atomic E-state index is -0.570. The predicted octanol–water partition coefficient (Wildman–Crippen LogP) is 3.28. The first kappa shape index (κ1) is 23.9. The van der Waals surface area contributed by atoms with Crippen molar-refractivity contribution in [2.75, 3.05) is 18.4 Å². The van der Waals surface area contributed by atoms with Crippen LogP contribution in [0.5, 0.6) is 0 Å². The molecule has 0 spiro atoms. The van der Waals surface area contributed by atoms with Gasteiger partial charge in [-0.15, -0.1) is 0 Å². The summed E-state index contributed by atoms with van der Waals surface area (Å²) >= 11 is 0. The number of hydrogen-bond acceptors (Lipinski definition) is 5. The standard InChI is InChI=1S/C28H35N7O2/c1-16-24(17(2)34-33-16)19-7-9-22(10-8-19)31-28(37)26(25(20-3-4-20)21-5-6-21)32-27(36)23-11-12-30-35(23)15-18-13-29-14-18/h7-12,18,20-21,25-26,29H,3-6,13-15H2,1-2H3,(H,31,37)(H,32,36)(H,33,34). The fourth-order valence-electron chi connectivity index (χ4n) is 5.75. The van der Waals surface area contributed by atoms with Crippen molar-refractivity contribution in [2.24, 2.45) is 23.7 Å². The number of carbonyl (C=O) groups excluding carboxylic acids is 2. The highest BCUT2D eigenvalue weighted by atomic mass is 16.2. The second-order valence-corrected chi connectivity index (χ2v) is 11.0. The first-order valence-corrected chi connectivity index (χ1v) is 13.4. The van der Waals surface area contributed by atoms with Crippen LogP contribution >= 0.6 is 0 Å². The molecule has 6 rings (SSSR count). The molecule has 2 saturated carbocycles. The molecule has 2 aromatic heterocycles. The van der Waals surface area contributed by atoms with Gasteiger partial charge in [0.1, 0.15) is 11.7 Å². The Balaban J connectivity index is 1.20. The fourth-order valence-corrected chi connectivity index (χ4v) is 5.75. The zero-order valence-electron chi connectivity index (χ0n) is 21.5. The predicted molar refractivity (Wildman–Crippen MR) is 141 cm³/mol. The highest BCUT2D eigenvalue weighted by Gasteiger charge is 2.48. The molecular formula is C28H35N7O2. The van der Waals surface area contributed by atoms with E-state index in [9.17, 15) is 9.59 Å². The third kappa shape index (κ3) is 5.05. The summed E-state index contributed by atoms with van der Waals surface area (Å²) in [6.07, 6.45) is 6.19. The Morgan fingerprint density at radius 3 is 2.32 bits per heavy atom. The van der Waals surface area contributed by atoms with Gasteiger partial charge in [0.2, 0.25) is 5.91 Å². The van der Waals surface area contributed by atoms with Gasteiger partial charge in [-0.1, -0.05) is 12.1 Å². The SMILES string of the molecule is Cc1n[nH]c(C)c1-c1ccc(NC(=O)C(NC(=O)c2ccnn2CC2CNC2)C(C2CC2)C2CC2)cc1. The van der Waals surface area contributed by atoms with Crippen LogP contribution in [0.25, 0.3) is 11.1 Å². The van der Waals surface area contributed by atoms with E-state index in [4.69, 9.17) is 0 Å². The average Bonchev–Trinajstić information content (AvgIpc) is 3.79. The second kappa shape index (κ2) is 9.78. The van der Waals surface area contributed by atoms with E-state index in [1.807, 2.05) is 38.1 Å². The van der Waals surface area contributed by atoms with Gasteiger partial charge in [-0.05, 0) is 81.0 Å². The number of hydrogen-bond donors (Lipinski definition) is 4. The molecule has 9 heteroatoms. The molecular weight excluding hydrogens is 466 g/mol. The first-order chi connectivity index (χ1) is 18.0. The van der Waals surface area contributed by atoms with Crippen molar-refractivity contribution in [3.8, 4) is 11.1 Å². The van der Waals surface area contributed by atoms with Crippen LogP contribution in [0.4, 0.5) is 5.69 Å². The Bertz CT molecular complexity index is 1250. The topological polar surface area (TPSA) is 117 Å². The summed E-state index contributed by atoms with van der Waals surface area (Å²) in [6, 6.07) is 9.02. The largest absolute Gasteiger partial charge is 0.339 e. The first-order valence-electron chi connectivity index (χ1n) is 13.4. The van der Waals surface area contributed by atoms with Crippen LogP contribution in [0.2, 0.25) is 0 Å². The van der Waals surface area contributed by atoms with Gasteiger partial charge in [0, 0.05) is 48.7 Å². The van der Waals surface area contributed by atoms with Gasteiger partial charge < -0.3 is 16.0 Å². The number of carbonyl (C=O) groups is 2. The highest BCUT2D eigenvalue weighted by molar-refractivity contribution is 6.01. The van der Waals surface area contributed by atoms with Crippen LogP contribution in [-0.4, -0.2) is 50.9 Å². The van der Waals surface area contributed by atoms with Crippen LogP contribution in [-0.2, 0) is 11.3 Å². The lowest BCUT2D eigenvalue weighted by atomic mass is 9.88. The lowest BCUT2D eigenvalue weighted by molar-refractivity contribution is -0.119. The number of anilines is 1. The van der Waals surface area contributed by atoms with Crippen molar-refractivity contribution < 1.29 is 9.59 Å². The van der Waals surface area contributed by atoms with Crippen molar-refractivity contribution in [3.63, 3.8) is 0 Å². The Kier molecular flexibility index (Phi) is 6.32. The molecule has 4 N–H and O–H groups in total. The molecule has 1 atom stereocenters. The molecule has 3 aromatic rings. The molecule has 0 radical (unpaired) electrons. The molecule has 0 bridgehead atoms. The molecule has 2 aliphatic carbocycles. The number of aromatic amines is 1. The van der Waals surface area contributed by atoms with Crippen LogP contribution in [0.15, 0.2) is 36.5 Å². The van der Waals surface area contributed by atoms with Crippen molar-refractivity contribution in [2.45, 2.75) is 52.1 Å². The Hall–Kier alpha value is -3.46. The molecule has 1 aromatic carbocycles. The van der Waals surface area contributed by atoms with Gasteiger partial charge in [-0.2, -0.15) is 10.2 Å². The number of benzene rings is 1. The van der Waals surface area contributed by atoms with Crippen LogP contribution in [0.3, 0.4) is 0 Å². The maximum Gasteiger partial charge on any atom is 0.270 e. The number of aryl methyl sites for hydroxylation is 2. The molecule has 3 fully saturated rings. The van der Waals surface area contributed by atoms with E-state index in [0.29, 0.717) is 30.0 Å². The van der Waals surface area contributed by atoms with E-state index in [1.54, 1.807) is 16.9 Å². The minimum Gasteiger partial charge on any atom is -0.339 e. The smallest absolute Gasteiger partial charge is 0.270 e. The van der Waals surface area contributed by atoms with Gasteiger partial charge in [-0.3, -0.25) is 19.4 Å². The maximum absolute atomic E-state index is 13.7. The van der Waals surface area contributed by atoms with Crippen molar-refractivity contribution in [1.82, 2.24) is 30.6 Å². The van der Waals surface area contributed by atoms with E-state index >= 15 is 0 Å². The van der Waals surface area contributed by atoms with Crippen LogP contribution in [0.1, 0.15) is 47.6 Å². The van der Waals surface area contributed by atoms with E-state index in [1.165, 1.54) is 0 Å². The molecule has 3 heterocycles. The number of amides is 2. The minimum absolute atomic E-state index is 0.144. The summed E-state index contributed by atoms with van der Waals surface area (Å²) in [7, 11) is 0. The second-order valence-electron chi connectivity index (χ2n) is 11.0. The van der Waals surface area contributed by atoms with E-state index in [2.05, 4.69) is 31.2 Å². The third-order valence-electron chi connectivity index (χ3n) is 8.10. The van der Waals surface area contributed by atoms with E-state index in [-0.39, 0.29) is 17.7 Å². The Morgan fingerprint density at radius 1 is 1.05 bits per heavy atom. The maximum atomic E-state index is 13.7. The monoisotopic (exact) mass is 501 g/mol. The quantitative estimate of drug-likeness (QED) is 0.340. The summed E-state index contributed by atoms with van der Waals surface area (Å²) in [5.74, 6) is 1.29. The van der Waals surface area contributed by atoms with Crippen LogP contribution in [0, 0.1) is 37.5 Å². The molecule has 194 valence electrons. The van der Waals surface area contributed by atoms with Gasteiger partial charge in [0.05, 0.1) is 5.69 Å². The highest BCUT2D eigenvalue weighted by Crippen LogP contribution is 2.51. The Labute approximate surface area is 216 Å². The lowest BCUT2D eigenvalue weighted by Gasteiger charge is -2.29. The summed E-state index contributed by atoms with van der Waals surface area (Å²) in [4.78, 5) is 27.1. The molecule has 37 heavy (non-hydrogen) atoms. The van der Waals surface area contributed by atoms with Crippen molar-refractivity contribution in [1.29, 1.82) is 0 Å². The van der Waals surface area contributed by atoms with Crippen LogP contribution < -0.4 is 16.0 Å². The van der Waals surface area contributed by atoms with E-state index < -0.39 is 6.04 Å². The molecule has 9 nitrogen and oxygen atoms in total. The number of nitrogens with zero attached hydrogens (tertiary/aromatic N) is 3. The van der Waals surface area contributed by atoms with Crippen molar-refractivity contribution in [3.05, 3.63) is 53.6 Å². The summed E-state index contributed by atoms with van der Waals surface area (Å²) < 4.78 is 1.78. The number of H-pyrrole nitrogens is 1. The molecule has 2 amide bonds. The Morgan fingerprint density at radius 2 is 1.76 bits per heavy atom. The van der Waals surface area contributed by atoms with E-state index in [0.717, 1.165) is 67.0 Å². The number of aromatic nitrogens is 4. The van der Waals surface area contributed by atoms with Gasteiger partial charge in [-0.25, -0.2) is 0 Å². The van der Waals surface area contributed by atoms with Gasteiger partial charge >= 0.3 is 0 Å². The lowest BCUT2D eigenvalue weighted by Crippen LogP contribution is -2.50. The summed E-state index contributed by atoms with van der Waals surface area (Å²) in [5.41, 5.74) is 5.34. The average molecular weight is 502 g/mol. The number of nitrogens with one attached hydrogen (secondary N) is 4. The fraction of sp³-hybridized carbons (Fsp3) is 0.500. The molecule has 1 unspecified atom stereocenters. The molecule has 1 saturated heterocycles. The zero-order valence-corrected chi connectivity index (χ0v) is 21.5. The third-order valence-corrected chi connectivity index (χ3v) is 8.10. The van der Waals surface area contributed by atoms with Crippen molar-refractivity contribution >= 4 is 17.5 Å².